The first-order valence-electron chi connectivity index (χ1n) is 8.98. The molecule has 1 amide bonds. The minimum absolute atomic E-state index is 0.0432. The number of rotatable bonds is 5. The van der Waals surface area contributed by atoms with Crippen LogP contribution in [0.3, 0.4) is 0 Å². The molecule has 24 heavy (non-hydrogen) atoms. The molecule has 0 unspecified atom stereocenters. The summed E-state index contributed by atoms with van der Waals surface area (Å²) in [7, 11) is 0. The quantitative estimate of drug-likeness (QED) is 0.820. The molecular formula is C18H24N2O3S. The predicted molar refractivity (Wildman–Crippen MR) is 91.9 cm³/mol. The SMILES string of the molecule is CCOC(=O)c1csc(NC(=O)CC23CC4CC(CC(C4)C2)C3)n1. The predicted octanol–water partition coefficient (Wildman–Crippen LogP) is 3.86. The van der Waals surface area contributed by atoms with Gasteiger partial charge in [-0.2, -0.15) is 0 Å². The fraction of sp³-hybridized carbons (Fsp3) is 0.722. The van der Waals surface area contributed by atoms with Gasteiger partial charge in [0.1, 0.15) is 0 Å². The molecule has 1 N–H and O–H groups in total. The maximum absolute atomic E-state index is 12.5. The highest BCUT2D eigenvalue weighted by molar-refractivity contribution is 7.14. The van der Waals surface area contributed by atoms with E-state index in [-0.39, 0.29) is 17.0 Å². The van der Waals surface area contributed by atoms with Crippen molar-refractivity contribution in [2.24, 2.45) is 23.2 Å². The highest BCUT2D eigenvalue weighted by Crippen LogP contribution is 2.61. The Morgan fingerprint density at radius 2 is 1.88 bits per heavy atom. The summed E-state index contributed by atoms with van der Waals surface area (Å²) in [5.74, 6) is 2.15. The van der Waals surface area contributed by atoms with E-state index in [2.05, 4.69) is 10.3 Å². The Labute approximate surface area is 146 Å². The Morgan fingerprint density at radius 1 is 1.25 bits per heavy atom. The van der Waals surface area contributed by atoms with Gasteiger partial charge in [-0.3, -0.25) is 4.79 Å². The lowest BCUT2D eigenvalue weighted by Gasteiger charge is -2.56. The monoisotopic (exact) mass is 348 g/mol. The first kappa shape index (κ1) is 16.1. The maximum atomic E-state index is 12.5. The van der Waals surface area contributed by atoms with Crippen molar-refractivity contribution in [2.75, 3.05) is 11.9 Å². The minimum atomic E-state index is -0.435. The van der Waals surface area contributed by atoms with Crippen molar-refractivity contribution in [1.29, 1.82) is 0 Å². The van der Waals surface area contributed by atoms with Gasteiger partial charge in [-0.1, -0.05) is 0 Å². The van der Waals surface area contributed by atoms with Crippen LogP contribution >= 0.6 is 11.3 Å². The lowest BCUT2D eigenvalue weighted by Crippen LogP contribution is -2.47. The molecule has 4 aliphatic rings. The lowest BCUT2D eigenvalue weighted by molar-refractivity contribution is -0.124. The van der Waals surface area contributed by atoms with Gasteiger partial charge in [-0.15, -0.1) is 11.3 Å². The maximum Gasteiger partial charge on any atom is 0.357 e. The second-order valence-electron chi connectivity index (χ2n) is 7.90. The van der Waals surface area contributed by atoms with Gasteiger partial charge in [0.25, 0.3) is 0 Å². The fourth-order valence-electron chi connectivity index (χ4n) is 5.64. The molecule has 1 heterocycles. The molecule has 1 aromatic heterocycles. The van der Waals surface area contributed by atoms with Gasteiger partial charge in [0.2, 0.25) is 5.91 Å². The molecule has 0 atom stereocenters. The molecule has 4 saturated carbocycles. The van der Waals surface area contributed by atoms with E-state index in [4.69, 9.17) is 4.74 Å². The average molecular weight is 348 g/mol. The van der Waals surface area contributed by atoms with Crippen molar-refractivity contribution in [3.05, 3.63) is 11.1 Å². The van der Waals surface area contributed by atoms with Crippen molar-refractivity contribution in [1.82, 2.24) is 4.98 Å². The van der Waals surface area contributed by atoms with Crippen LogP contribution in [-0.2, 0) is 9.53 Å². The molecule has 5 rings (SSSR count). The topological polar surface area (TPSA) is 68.3 Å². The Kier molecular flexibility index (Phi) is 4.11. The van der Waals surface area contributed by atoms with Crippen LogP contribution in [0, 0.1) is 23.2 Å². The number of aromatic nitrogens is 1. The summed E-state index contributed by atoms with van der Waals surface area (Å²) in [5, 5.41) is 5.03. The van der Waals surface area contributed by atoms with Crippen molar-refractivity contribution in [2.45, 2.75) is 51.9 Å². The van der Waals surface area contributed by atoms with Gasteiger partial charge in [-0.05, 0) is 68.6 Å². The summed E-state index contributed by atoms with van der Waals surface area (Å²) in [6.07, 6.45) is 8.42. The number of nitrogens with zero attached hydrogens (tertiary/aromatic N) is 1. The Bertz CT molecular complexity index is 619. The molecule has 0 aliphatic heterocycles. The zero-order chi connectivity index (χ0) is 16.7. The fourth-order valence-corrected chi connectivity index (χ4v) is 6.34. The standard InChI is InChI=1S/C18H24N2O3S/c1-2-23-16(22)14-10-24-17(19-14)20-15(21)9-18-6-11-3-12(7-18)5-13(4-11)8-18/h10-13H,2-9H2,1H3,(H,19,20,21). The molecule has 6 heteroatoms. The summed E-state index contributed by atoms with van der Waals surface area (Å²) in [5.41, 5.74) is 0.493. The smallest absolute Gasteiger partial charge is 0.357 e. The van der Waals surface area contributed by atoms with E-state index in [0.717, 1.165) is 17.8 Å². The van der Waals surface area contributed by atoms with Gasteiger partial charge in [-0.25, -0.2) is 9.78 Å². The zero-order valence-electron chi connectivity index (χ0n) is 14.0. The number of carbonyl (C=O) groups is 2. The van der Waals surface area contributed by atoms with Crippen molar-refractivity contribution < 1.29 is 14.3 Å². The summed E-state index contributed by atoms with van der Waals surface area (Å²) in [6.45, 7) is 2.09. The lowest BCUT2D eigenvalue weighted by atomic mass is 9.49. The minimum Gasteiger partial charge on any atom is -0.461 e. The third-order valence-corrected chi connectivity index (χ3v) is 6.69. The van der Waals surface area contributed by atoms with Gasteiger partial charge in [0, 0.05) is 11.8 Å². The number of thiazole rings is 1. The van der Waals surface area contributed by atoms with Gasteiger partial charge >= 0.3 is 5.97 Å². The second kappa shape index (κ2) is 6.14. The molecule has 0 radical (unpaired) electrons. The number of carbonyl (C=O) groups excluding carboxylic acids is 2. The van der Waals surface area contributed by atoms with E-state index in [1.54, 1.807) is 12.3 Å². The average Bonchev–Trinajstić information content (AvgIpc) is 2.93. The van der Waals surface area contributed by atoms with Crippen LogP contribution in [0.2, 0.25) is 0 Å². The van der Waals surface area contributed by atoms with Crippen molar-refractivity contribution in [3.8, 4) is 0 Å². The second-order valence-corrected chi connectivity index (χ2v) is 8.76. The third kappa shape index (κ3) is 3.08. The van der Waals surface area contributed by atoms with Crippen LogP contribution in [0.1, 0.15) is 62.4 Å². The van der Waals surface area contributed by atoms with Crippen LogP contribution in [0.15, 0.2) is 5.38 Å². The van der Waals surface area contributed by atoms with E-state index < -0.39 is 5.97 Å². The molecule has 4 fully saturated rings. The Morgan fingerprint density at radius 3 is 2.46 bits per heavy atom. The summed E-state index contributed by atoms with van der Waals surface area (Å²) in [4.78, 5) is 28.4. The van der Waals surface area contributed by atoms with E-state index in [1.165, 1.54) is 49.9 Å². The molecule has 0 aromatic carbocycles. The summed E-state index contributed by atoms with van der Waals surface area (Å²) < 4.78 is 4.93. The largest absolute Gasteiger partial charge is 0.461 e. The molecule has 0 saturated heterocycles. The van der Waals surface area contributed by atoms with Gasteiger partial charge < -0.3 is 10.1 Å². The molecule has 4 bridgehead atoms. The first-order chi connectivity index (χ1) is 11.5. The molecule has 130 valence electrons. The highest BCUT2D eigenvalue weighted by Gasteiger charge is 2.51. The van der Waals surface area contributed by atoms with Crippen molar-refractivity contribution >= 4 is 28.3 Å². The number of anilines is 1. The van der Waals surface area contributed by atoms with Gasteiger partial charge in [0.05, 0.1) is 6.61 Å². The number of amides is 1. The highest BCUT2D eigenvalue weighted by atomic mass is 32.1. The molecule has 1 aromatic rings. The van der Waals surface area contributed by atoms with Gasteiger partial charge in [0.15, 0.2) is 10.8 Å². The Hall–Kier alpha value is -1.43. The summed E-state index contributed by atoms with van der Waals surface area (Å²) in [6, 6.07) is 0. The van der Waals surface area contributed by atoms with E-state index in [1.807, 2.05) is 0 Å². The van der Waals surface area contributed by atoms with Crippen LogP contribution in [0.4, 0.5) is 5.13 Å². The van der Waals surface area contributed by atoms with E-state index >= 15 is 0 Å². The zero-order valence-corrected chi connectivity index (χ0v) is 14.9. The Balaban J connectivity index is 1.38. The number of nitrogens with one attached hydrogen (secondary N) is 1. The summed E-state index contributed by atoms with van der Waals surface area (Å²) >= 11 is 1.28. The molecule has 0 spiro atoms. The normalized spacial score (nSPS) is 33.5. The first-order valence-corrected chi connectivity index (χ1v) is 9.86. The third-order valence-electron chi connectivity index (χ3n) is 5.94. The molecular weight excluding hydrogens is 324 g/mol. The number of hydrogen-bond acceptors (Lipinski definition) is 5. The van der Waals surface area contributed by atoms with Crippen LogP contribution < -0.4 is 5.32 Å². The number of ether oxygens (including phenoxy) is 1. The molecule has 5 nitrogen and oxygen atoms in total. The van der Waals surface area contributed by atoms with Crippen LogP contribution in [0.5, 0.6) is 0 Å². The van der Waals surface area contributed by atoms with Crippen LogP contribution in [-0.4, -0.2) is 23.5 Å². The number of esters is 1. The van der Waals surface area contributed by atoms with E-state index in [0.29, 0.717) is 18.2 Å². The van der Waals surface area contributed by atoms with E-state index in [9.17, 15) is 9.59 Å². The van der Waals surface area contributed by atoms with Crippen LogP contribution in [0.25, 0.3) is 0 Å². The molecule has 4 aliphatic carbocycles. The van der Waals surface area contributed by atoms with Crippen molar-refractivity contribution in [3.63, 3.8) is 0 Å². The number of hydrogen-bond donors (Lipinski definition) is 1.